The van der Waals surface area contributed by atoms with Crippen molar-refractivity contribution in [2.75, 3.05) is 29.4 Å². The number of fused-ring (bicyclic) bond motifs is 2. The molecule has 0 unspecified atom stereocenters. The molecule has 7 nitrogen and oxygen atoms in total. The normalized spacial score (nSPS) is 28.0. The fourth-order valence-corrected chi connectivity index (χ4v) is 5.68. The second kappa shape index (κ2) is 6.49. The highest BCUT2D eigenvalue weighted by atomic mass is 15.3. The lowest BCUT2D eigenvalue weighted by Gasteiger charge is -2.30. The van der Waals surface area contributed by atoms with Crippen LogP contribution in [-0.2, 0) is 13.0 Å². The van der Waals surface area contributed by atoms with Crippen molar-refractivity contribution in [2.24, 2.45) is 16.1 Å². The molecule has 1 saturated heterocycles. The number of aryl methyl sites for hydroxylation is 1. The van der Waals surface area contributed by atoms with Gasteiger partial charge in [-0.2, -0.15) is 0 Å². The van der Waals surface area contributed by atoms with E-state index in [-0.39, 0.29) is 5.41 Å². The number of aromatic nitrogens is 3. The molecule has 2 atom stereocenters. The Labute approximate surface area is 171 Å². The highest BCUT2D eigenvalue weighted by Crippen LogP contribution is 2.45. The Hall–Kier alpha value is -2.54. The van der Waals surface area contributed by atoms with Crippen LogP contribution in [0.15, 0.2) is 29.5 Å². The molecule has 1 saturated carbocycles. The predicted octanol–water partition coefficient (Wildman–Crippen LogP) is 2.29. The third-order valence-electron chi connectivity index (χ3n) is 7.32. The molecule has 1 spiro atoms. The van der Waals surface area contributed by atoms with E-state index in [4.69, 9.17) is 20.7 Å². The first-order valence-electron chi connectivity index (χ1n) is 10.9. The minimum atomic E-state index is 0.285. The molecule has 2 aromatic heterocycles. The van der Waals surface area contributed by atoms with E-state index in [0.29, 0.717) is 12.6 Å². The third kappa shape index (κ3) is 2.67. The van der Waals surface area contributed by atoms with E-state index >= 15 is 0 Å². The van der Waals surface area contributed by atoms with Gasteiger partial charge in [-0.05, 0) is 44.2 Å². The molecule has 0 bridgehead atoms. The SMILES string of the molecule is N[C@@H]1CCC[C@@]12CCN(c1cnc3c(n1)CN=C3N1CCCc3ncccc31)C2. The average Bonchev–Trinajstić information content (AvgIpc) is 3.47. The lowest BCUT2D eigenvalue weighted by atomic mass is 9.82. The van der Waals surface area contributed by atoms with E-state index in [2.05, 4.69) is 20.9 Å². The van der Waals surface area contributed by atoms with Crippen LogP contribution in [0.3, 0.4) is 0 Å². The first-order chi connectivity index (χ1) is 14.2. The number of hydrogen-bond donors (Lipinski definition) is 1. The predicted molar refractivity (Wildman–Crippen MR) is 113 cm³/mol. The van der Waals surface area contributed by atoms with Crippen LogP contribution in [0, 0.1) is 5.41 Å². The zero-order valence-electron chi connectivity index (χ0n) is 16.7. The maximum atomic E-state index is 6.45. The highest BCUT2D eigenvalue weighted by molar-refractivity contribution is 6.11. The Morgan fingerprint density at radius 2 is 2.07 bits per heavy atom. The van der Waals surface area contributed by atoms with E-state index in [1.165, 1.54) is 19.3 Å². The van der Waals surface area contributed by atoms with Crippen molar-refractivity contribution in [2.45, 2.75) is 51.1 Å². The Kier molecular flexibility index (Phi) is 3.88. The standard InChI is InChI=1S/C22H27N7/c23-18-6-1-7-22(18)8-11-28(14-22)19-13-25-20-16(27-19)12-26-21(20)29-10-3-4-15-17(29)5-2-9-24-15/h2,5,9,13,18H,1,3-4,6-8,10-12,14,23H2/t18-,22+/m1/s1. The molecular formula is C22H27N7. The number of nitrogens with zero attached hydrogens (tertiary/aromatic N) is 6. The van der Waals surface area contributed by atoms with Crippen LogP contribution in [-0.4, -0.2) is 46.5 Å². The maximum absolute atomic E-state index is 6.45. The molecule has 2 N–H and O–H groups in total. The summed E-state index contributed by atoms with van der Waals surface area (Å²) in [5, 5.41) is 0. The van der Waals surface area contributed by atoms with Gasteiger partial charge in [0, 0.05) is 37.3 Å². The van der Waals surface area contributed by atoms with Gasteiger partial charge < -0.3 is 15.5 Å². The fourth-order valence-electron chi connectivity index (χ4n) is 5.68. The van der Waals surface area contributed by atoms with E-state index < -0.39 is 0 Å². The third-order valence-corrected chi connectivity index (χ3v) is 7.32. The van der Waals surface area contributed by atoms with Crippen molar-refractivity contribution in [3.63, 3.8) is 0 Å². The zero-order chi connectivity index (χ0) is 19.4. The summed E-state index contributed by atoms with van der Waals surface area (Å²) in [7, 11) is 0. The summed E-state index contributed by atoms with van der Waals surface area (Å²) in [6.07, 6.45) is 10.8. The molecular weight excluding hydrogens is 362 g/mol. The number of hydrogen-bond acceptors (Lipinski definition) is 7. The van der Waals surface area contributed by atoms with Crippen LogP contribution in [0.4, 0.5) is 11.5 Å². The fraction of sp³-hybridized carbons (Fsp3) is 0.545. The Balaban J connectivity index is 1.27. The van der Waals surface area contributed by atoms with Gasteiger partial charge in [0.05, 0.1) is 29.8 Å². The number of nitrogens with two attached hydrogens (primary N) is 1. The summed E-state index contributed by atoms with van der Waals surface area (Å²) in [5.74, 6) is 1.93. The summed E-state index contributed by atoms with van der Waals surface area (Å²) in [4.78, 5) is 23.9. The smallest absolute Gasteiger partial charge is 0.156 e. The van der Waals surface area contributed by atoms with E-state index in [1.54, 1.807) is 0 Å². The summed E-state index contributed by atoms with van der Waals surface area (Å²) < 4.78 is 0. The first kappa shape index (κ1) is 17.3. The molecule has 0 radical (unpaired) electrons. The van der Waals surface area contributed by atoms with Crippen LogP contribution in [0.25, 0.3) is 0 Å². The molecule has 29 heavy (non-hydrogen) atoms. The lowest BCUT2D eigenvalue weighted by molar-refractivity contribution is 0.297. The minimum absolute atomic E-state index is 0.285. The molecule has 7 heteroatoms. The topological polar surface area (TPSA) is 83.5 Å². The van der Waals surface area contributed by atoms with Crippen LogP contribution in [0.2, 0.25) is 0 Å². The molecule has 5 heterocycles. The molecule has 2 aromatic rings. The van der Waals surface area contributed by atoms with Crippen LogP contribution >= 0.6 is 0 Å². The second-order valence-electron chi connectivity index (χ2n) is 8.92. The van der Waals surface area contributed by atoms with Crippen LogP contribution < -0.4 is 15.5 Å². The quantitative estimate of drug-likeness (QED) is 0.806. The van der Waals surface area contributed by atoms with Crippen molar-refractivity contribution >= 4 is 17.3 Å². The first-order valence-corrected chi connectivity index (χ1v) is 10.9. The van der Waals surface area contributed by atoms with Crippen molar-refractivity contribution in [1.82, 2.24) is 15.0 Å². The van der Waals surface area contributed by atoms with E-state index in [0.717, 1.165) is 73.3 Å². The second-order valence-corrected chi connectivity index (χ2v) is 8.92. The van der Waals surface area contributed by atoms with Crippen molar-refractivity contribution in [3.05, 3.63) is 41.6 Å². The number of pyridine rings is 1. The van der Waals surface area contributed by atoms with Crippen LogP contribution in [0.5, 0.6) is 0 Å². The van der Waals surface area contributed by atoms with Gasteiger partial charge in [-0.15, -0.1) is 0 Å². The largest absolute Gasteiger partial charge is 0.355 e. The Morgan fingerprint density at radius 3 is 2.97 bits per heavy atom. The molecule has 150 valence electrons. The molecule has 6 rings (SSSR count). The number of anilines is 2. The summed E-state index contributed by atoms with van der Waals surface area (Å²) in [6, 6.07) is 4.47. The average molecular weight is 390 g/mol. The highest BCUT2D eigenvalue weighted by Gasteiger charge is 2.46. The van der Waals surface area contributed by atoms with E-state index in [1.807, 2.05) is 18.5 Å². The van der Waals surface area contributed by atoms with Gasteiger partial charge in [0.25, 0.3) is 0 Å². The van der Waals surface area contributed by atoms with Gasteiger partial charge in [0.2, 0.25) is 0 Å². The molecule has 0 amide bonds. The maximum Gasteiger partial charge on any atom is 0.156 e. The van der Waals surface area contributed by atoms with Gasteiger partial charge in [-0.1, -0.05) is 6.42 Å². The van der Waals surface area contributed by atoms with Crippen LogP contribution in [0.1, 0.15) is 49.2 Å². The number of aliphatic imine (C=N–C) groups is 1. The van der Waals surface area contributed by atoms with Crippen molar-refractivity contribution in [1.29, 1.82) is 0 Å². The van der Waals surface area contributed by atoms with E-state index in [9.17, 15) is 0 Å². The minimum Gasteiger partial charge on any atom is -0.355 e. The van der Waals surface area contributed by atoms with Gasteiger partial charge in [-0.3, -0.25) is 9.98 Å². The van der Waals surface area contributed by atoms with Gasteiger partial charge in [0.1, 0.15) is 11.5 Å². The Bertz CT molecular complexity index is 987. The zero-order valence-corrected chi connectivity index (χ0v) is 16.7. The molecule has 1 aliphatic carbocycles. The lowest BCUT2D eigenvalue weighted by Crippen LogP contribution is -2.39. The molecule has 0 aromatic carbocycles. The summed E-state index contributed by atoms with van der Waals surface area (Å²) >= 11 is 0. The Morgan fingerprint density at radius 1 is 1.10 bits per heavy atom. The summed E-state index contributed by atoms with van der Waals surface area (Å²) in [5.41, 5.74) is 11.0. The number of amidine groups is 1. The van der Waals surface area contributed by atoms with Crippen molar-refractivity contribution < 1.29 is 0 Å². The van der Waals surface area contributed by atoms with Crippen molar-refractivity contribution in [3.8, 4) is 0 Å². The van der Waals surface area contributed by atoms with Gasteiger partial charge in [-0.25, -0.2) is 9.97 Å². The monoisotopic (exact) mass is 389 g/mol. The van der Waals surface area contributed by atoms with Gasteiger partial charge >= 0.3 is 0 Å². The molecule has 3 aliphatic heterocycles. The summed E-state index contributed by atoms with van der Waals surface area (Å²) in [6.45, 7) is 3.60. The number of rotatable bonds is 1. The molecule has 2 fully saturated rings. The molecule has 4 aliphatic rings. The van der Waals surface area contributed by atoms with Gasteiger partial charge in [0.15, 0.2) is 5.84 Å².